The Balaban J connectivity index is 2.18. The molecule has 2 aromatic rings. The molecule has 0 radical (unpaired) electrons. The average molecular weight is 446 g/mol. The second-order valence-corrected chi connectivity index (χ2v) is 8.61. The molecular formula is C22H27N3O5S. The summed E-state index contributed by atoms with van der Waals surface area (Å²) >= 11 is 0. The predicted molar refractivity (Wildman–Crippen MR) is 122 cm³/mol. The van der Waals surface area contributed by atoms with E-state index in [2.05, 4.69) is 17.2 Å². The molecule has 2 amide bonds. The molecule has 2 aromatic carbocycles. The smallest absolute Gasteiger partial charge is 0.253 e. The van der Waals surface area contributed by atoms with Gasteiger partial charge in [-0.2, -0.15) is 0 Å². The Hall–Kier alpha value is -3.33. The normalized spacial score (nSPS) is 10.8. The van der Waals surface area contributed by atoms with E-state index in [-0.39, 0.29) is 23.7 Å². The molecule has 0 aliphatic heterocycles. The van der Waals surface area contributed by atoms with E-state index >= 15 is 0 Å². The van der Waals surface area contributed by atoms with Crippen molar-refractivity contribution >= 4 is 33.2 Å². The van der Waals surface area contributed by atoms with E-state index in [9.17, 15) is 18.0 Å². The maximum Gasteiger partial charge on any atom is 0.253 e. The fraction of sp³-hybridized carbons (Fsp3) is 0.273. The second kappa shape index (κ2) is 11.2. The molecule has 0 spiro atoms. The maximum atomic E-state index is 12.7. The third-order valence-electron chi connectivity index (χ3n) is 4.14. The maximum absolute atomic E-state index is 12.7. The van der Waals surface area contributed by atoms with Gasteiger partial charge in [0.25, 0.3) is 5.91 Å². The lowest BCUT2D eigenvalue weighted by molar-refractivity contribution is -0.114. The Morgan fingerprint density at radius 1 is 1.13 bits per heavy atom. The summed E-state index contributed by atoms with van der Waals surface area (Å²) in [7, 11) is -3.73. The summed E-state index contributed by atoms with van der Waals surface area (Å²) in [5.74, 6) is -0.345. The number of nitrogens with zero attached hydrogens (tertiary/aromatic N) is 1. The minimum atomic E-state index is -3.73. The summed E-state index contributed by atoms with van der Waals surface area (Å²) in [6, 6.07) is 12.9. The van der Waals surface area contributed by atoms with Crippen molar-refractivity contribution in [1.82, 2.24) is 5.32 Å². The standard InChI is InChI=1S/C22H27N3O5S/c1-4-14-23-22(27)19-8-6-7-9-20(19)24-21(26)16-25(31(3,28)29)17-10-12-18(13-11-17)30-15-5-2/h4,6-13H,1,5,14-16H2,2-3H3,(H,23,27)(H,24,26). The Labute approximate surface area is 183 Å². The van der Waals surface area contributed by atoms with Crippen LogP contribution >= 0.6 is 0 Å². The number of benzene rings is 2. The number of carbonyl (C=O) groups is 2. The highest BCUT2D eigenvalue weighted by atomic mass is 32.2. The molecule has 0 aromatic heterocycles. The summed E-state index contributed by atoms with van der Waals surface area (Å²) in [5.41, 5.74) is 0.880. The highest BCUT2D eigenvalue weighted by Gasteiger charge is 2.22. The van der Waals surface area contributed by atoms with Gasteiger partial charge in [-0.25, -0.2) is 8.42 Å². The monoisotopic (exact) mass is 445 g/mol. The van der Waals surface area contributed by atoms with Gasteiger partial charge in [-0.15, -0.1) is 6.58 Å². The molecule has 0 aliphatic rings. The van der Waals surface area contributed by atoms with E-state index in [1.807, 2.05) is 6.92 Å². The molecule has 2 rings (SSSR count). The summed E-state index contributed by atoms with van der Waals surface area (Å²) < 4.78 is 31.1. The van der Waals surface area contributed by atoms with E-state index < -0.39 is 22.5 Å². The second-order valence-electron chi connectivity index (χ2n) is 6.70. The van der Waals surface area contributed by atoms with Crippen LogP contribution < -0.4 is 19.7 Å². The van der Waals surface area contributed by atoms with Crippen molar-refractivity contribution in [3.8, 4) is 5.75 Å². The number of rotatable bonds is 11. The van der Waals surface area contributed by atoms with Gasteiger partial charge in [-0.1, -0.05) is 25.1 Å². The minimum absolute atomic E-state index is 0.265. The van der Waals surface area contributed by atoms with Crippen LogP contribution in [0, 0.1) is 0 Å². The van der Waals surface area contributed by atoms with Crippen LogP contribution in [-0.4, -0.2) is 46.2 Å². The zero-order chi connectivity index (χ0) is 22.9. The molecule has 166 valence electrons. The van der Waals surface area contributed by atoms with Crippen LogP contribution in [-0.2, 0) is 14.8 Å². The number of hydrogen-bond donors (Lipinski definition) is 2. The lowest BCUT2D eigenvalue weighted by Gasteiger charge is -2.22. The van der Waals surface area contributed by atoms with Gasteiger partial charge in [0, 0.05) is 6.54 Å². The fourth-order valence-electron chi connectivity index (χ4n) is 2.70. The van der Waals surface area contributed by atoms with Crippen molar-refractivity contribution in [2.75, 3.05) is 35.6 Å². The van der Waals surface area contributed by atoms with Crippen LogP contribution in [0.2, 0.25) is 0 Å². The molecule has 0 heterocycles. The van der Waals surface area contributed by atoms with Crippen molar-refractivity contribution < 1.29 is 22.7 Å². The number of amides is 2. The third kappa shape index (κ3) is 7.14. The van der Waals surface area contributed by atoms with Gasteiger partial charge in [0.1, 0.15) is 12.3 Å². The largest absolute Gasteiger partial charge is 0.494 e. The van der Waals surface area contributed by atoms with Crippen LogP contribution in [0.25, 0.3) is 0 Å². The van der Waals surface area contributed by atoms with Crippen molar-refractivity contribution in [1.29, 1.82) is 0 Å². The number of nitrogens with one attached hydrogen (secondary N) is 2. The molecule has 0 aliphatic carbocycles. The quantitative estimate of drug-likeness (QED) is 0.518. The van der Waals surface area contributed by atoms with Gasteiger partial charge in [-0.3, -0.25) is 13.9 Å². The zero-order valence-corrected chi connectivity index (χ0v) is 18.4. The zero-order valence-electron chi connectivity index (χ0n) is 17.6. The predicted octanol–water partition coefficient (Wildman–Crippen LogP) is 2.80. The first-order valence-electron chi connectivity index (χ1n) is 9.74. The van der Waals surface area contributed by atoms with E-state index in [1.165, 1.54) is 0 Å². The van der Waals surface area contributed by atoms with Crippen LogP contribution in [0.3, 0.4) is 0 Å². The van der Waals surface area contributed by atoms with E-state index in [1.54, 1.807) is 54.6 Å². The first-order chi connectivity index (χ1) is 14.8. The molecular weight excluding hydrogens is 418 g/mol. The first kappa shape index (κ1) is 23.9. The van der Waals surface area contributed by atoms with Gasteiger partial charge in [0.05, 0.1) is 29.8 Å². The number of hydrogen-bond acceptors (Lipinski definition) is 5. The number of para-hydroxylation sites is 1. The van der Waals surface area contributed by atoms with Gasteiger partial charge in [-0.05, 0) is 42.8 Å². The Morgan fingerprint density at radius 2 is 1.81 bits per heavy atom. The summed E-state index contributed by atoms with van der Waals surface area (Å²) in [6.45, 7) is 5.92. The van der Waals surface area contributed by atoms with Crippen LogP contribution in [0.15, 0.2) is 61.2 Å². The lowest BCUT2D eigenvalue weighted by Crippen LogP contribution is -2.37. The highest BCUT2D eigenvalue weighted by molar-refractivity contribution is 7.92. The van der Waals surface area contributed by atoms with E-state index in [0.717, 1.165) is 17.0 Å². The van der Waals surface area contributed by atoms with Gasteiger partial charge >= 0.3 is 0 Å². The molecule has 0 saturated carbocycles. The highest BCUT2D eigenvalue weighted by Crippen LogP contribution is 2.22. The summed E-state index contributed by atoms with van der Waals surface area (Å²) in [5, 5.41) is 5.27. The Kier molecular flexibility index (Phi) is 8.63. The van der Waals surface area contributed by atoms with Crippen LogP contribution in [0.5, 0.6) is 5.75 Å². The Bertz CT molecular complexity index is 1020. The molecule has 0 saturated heterocycles. The van der Waals surface area contributed by atoms with Gasteiger partial charge < -0.3 is 15.4 Å². The number of anilines is 2. The number of ether oxygens (including phenoxy) is 1. The van der Waals surface area contributed by atoms with Crippen molar-refractivity contribution in [2.24, 2.45) is 0 Å². The van der Waals surface area contributed by atoms with Crippen molar-refractivity contribution in [3.63, 3.8) is 0 Å². The molecule has 9 heteroatoms. The topological polar surface area (TPSA) is 105 Å². The van der Waals surface area contributed by atoms with Gasteiger partial charge in [0.2, 0.25) is 15.9 Å². The molecule has 2 N–H and O–H groups in total. The molecule has 0 atom stereocenters. The summed E-state index contributed by atoms with van der Waals surface area (Å²) in [6.07, 6.45) is 3.42. The van der Waals surface area contributed by atoms with Gasteiger partial charge in [0.15, 0.2) is 0 Å². The molecule has 31 heavy (non-hydrogen) atoms. The van der Waals surface area contributed by atoms with E-state index in [0.29, 0.717) is 18.0 Å². The molecule has 0 fully saturated rings. The summed E-state index contributed by atoms with van der Waals surface area (Å²) in [4.78, 5) is 24.9. The SMILES string of the molecule is C=CCNC(=O)c1ccccc1NC(=O)CN(c1ccc(OCCC)cc1)S(C)(=O)=O. The fourth-order valence-corrected chi connectivity index (χ4v) is 3.56. The Morgan fingerprint density at radius 3 is 2.42 bits per heavy atom. The third-order valence-corrected chi connectivity index (χ3v) is 5.28. The molecule has 8 nitrogen and oxygen atoms in total. The number of sulfonamides is 1. The number of carbonyl (C=O) groups excluding carboxylic acids is 2. The van der Waals surface area contributed by atoms with Crippen molar-refractivity contribution in [3.05, 3.63) is 66.7 Å². The molecule has 0 bridgehead atoms. The van der Waals surface area contributed by atoms with Crippen LogP contribution in [0.4, 0.5) is 11.4 Å². The van der Waals surface area contributed by atoms with E-state index in [4.69, 9.17) is 4.74 Å². The van der Waals surface area contributed by atoms with Crippen LogP contribution in [0.1, 0.15) is 23.7 Å². The van der Waals surface area contributed by atoms with Crippen molar-refractivity contribution in [2.45, 2.75) is 13.3 Å². The average Bonchev–Trinajstić information content (AvgIpc) is 2.74. The lowest BCUT2D eigenvalue weighted by atomic mass is 10.1. The molecule has 0 unspecified atom stereocenters. The minimum Gasteiger partial charge on any atom is -0.494 e. The first-order valence-corrected chi connectivity index (χ1v) is 11.6.